The number of carbonyl (C=O) groups excluding carboxylic acids is 1. The number of ether oxygens (including phenoxy) is 1. The van der Waals surface area contributed by atoms with E-state index in [-0.39, 0.29) is 23.5 Å². The van der Waals surface area contributed by atoms with Crippen LogP contribution < -0.4 is 10.1 Å². The average Bonchev–Trinajstić information content (AvgIpc) is 2.63. The molecular weight excluding hydrogens is 385 g/mol. The molecular formula is C21H25ClFNO2S. The number of amides is 1. The molecule has 1 atom stereocenters. The zero-order valence-corrected chi connectivity index (χ0v) is 17.4. The highest BCUT2D eigenvalue weighted by Gasteiger charge is 2.17. The number of methoxy groups -OCH3 is 1. The summed E-state index contributed by atoms with van der Waals surface area (Å²) < 4.78 is 19.0. The molecule has 27 heavy (non-hydrogen) atoms. The summed E-state index contributed by atoms with van der Waals surface area (Å²) in [6, 6.07) is 12.3. The highest BCUT2D eigenvalue weighted by Crippen LogP contribution is 2.25. The van der Waals surface area contributed by atoms with E-state index < -0.39 is 0 Å². The Bertz CT molecular complexity index is 732. The first-order valence-corrected chi connectivity index (χ1v) is 10.4. The van der Waals surface area contributed by atoms with Crippen LogP contribution in [0.1, 0.15) is 37.4 Å². The van der Waals surface area contributed by atoms with Crippen molar-refractivity contribution in [2.24, 2.45) is 5.92 Å². The van der Waals surface area contributed by atoms with E-state index in [1.165, 1.54) is 17.8 Å². The Hall–Kier alpha value is -1.72. The van der Waals surface area contributed by atoms with Crippen molar-refractivity contribution in [3.8, 4) is 5.75 Å². The van der Waals surface area contributed by atoms with Crippen LogP contribution in [-0.4, -0.2) is 18.8 Å². The molecule has 0 saturated heterocycles. The van der Waals surface area contributed by atoms with Gasteiger partial charge in [0.1, 0.15) is 11.6 Å². The van der Waals surface area contributed by atoms with Crippen molar-refractivity contribution >= 4 is 29.3 Å². The SMILES string of the molecule is COc1ccc(C(CC(C)C)NC(=O)CSCc2c(F)cccc2Cl)cc1. The fraction of sp³-hybridized carbons (Fsp3) is 0.381. The van der Waals surface area contributed by atoms with Gasteiger partial charge >= 0.3 is 0 Å². The minimum atomic E-state index is -0.341. The van der Waals surface area contributed by atoms with Gasteiger partial charge in [-0.1, -0.05) is 43.6 Å². The van der Waals surface area contributed by atoms with Crippen LogP contribution in [0.15, 0.2) is 42.5 Å². The van der Waals surface area contributed by atoms with E-state index in [0.29, 0.717) is 22.3 Å². The van der Waals surface area contributed by atoms with Crippen molar-refractivity contribution in [1.29, 1.82) is 0 Å². The predicted molar refractivity (Wildman–Crippen MR) is 111 cm³/mol. The third-order valence-electron chi connectivity index (χ3n) is 4.10. The van der Waals surface area contributed by atoms with Crippen LogP contribution >= 0.6 is 23.4 Å². The summed E-state index contributed by atoms with van der Waals surface area (Å²) >= 11 is 7.38. The molecule has 0 bridgehead atoms. The Morgan fingerprint density at radius 1 is 1.22 bits per heavy atom. The van der Waals surface area contributed by atoms with Gasteiger partial charge in [0, 0.05) is 16.3 Å². The van der Waals surface area contributed by atoms with E-state index in [2.05, 4.69) is 19.2 Å². The number of hydrogen-bond acceptors (Lipinski definition) is 3. The number of thioether (sulfide) groups is 1. The fourth-order valence-electron chi connectivity index (χ4n) is 2.74. The Morgan fingerprint density at radius 3 is 2.52 bits per heavy atom. The molecule has 2 aromatic rings. The molecule has 1 amide bonds. The zero-order valence-electron chi connectivity index (χ0n) is 15.8. The van der Waals surface area contributed by atoms with Crippen LogP contribution in [0, 0.1) is 11.7 Å². The minimum absolute atomic E-state index is 0.0685. The molecule has 0 aromatic heterocycles. The van der Waals surface area contributed by atoms with Gasteiger partial charge in [0.15, 0.2) is 0 Å². The minimum Gasteiger partial charge on any atom is -0.497 e. The van der Waals surface area contributed by atoms with Crippen molar-refractivity contribution in [2.75, 3.05) is 12.9 Å². The van der Waals surface area contributed by atoms with E-state index in [1.54, 1.807) is 19.2 Å². The number of benzene rings is 2. The molecule has 0 radical (unpaired) electrons. The van der Waals surface area contributed by atoms with Crippen molar-refractivity contribution < 1.29 is 13.9 Å². The van der Waals surface area contributed by atoms with E-state index in [9.17, 15) is 9.18 Å². The monoisotopic (exact) mass is 409 g/mol. The van der Waals surface area contributed by atoms with E-state index in [1.807, 2.05) is 24.3 Å². The molecule has 0 heterocycles. The molecule has 0 spiro atoms. The van der Waals surface area contributed by atoms with Gasteiger partial charge in [0.25, 0.3) is 0 Å². The van der Waals surface area contributed by atoms with Crippen molar-refractivity contribution in [3.05, 3.63) is 64.4 Å². The largest absolute Gasteiger partial charge is 0.497 e. The first-order chi connectivity index (χ1) is 12.9. The Balaban J connectivity index is 1.94. The van der Waals surface area contributed by atoms with E-state index in [4.69, 9.17) is 16.3 Å². The van der Waals surface area contributed by atoms with Crippen LogP contribution in [0.5, 0.6) is 5.75 Å². The lowest BCUT2D eigenvalue weighted by Crippen LogP contribution is -2.31. The smallest absolute Gasteiger partial charge is 0.230 e. The number of rotatable bonds is 9. The van der Waals surface area contributed by atoms with Crippen LogP contribution in [0.4, 0.5) is 4.39 Å². The third-order valence-corrected chi connectivity index (χ3v) is 5.41. The molecule has 146 valence electrons. The average molecular weight is 410 g/mol. The van der Waals surface area contributed by atoms with E-state index >= 15 is 0 Å². The Morgan fingerprint density at radius 2 is 1.93 bits per heavy atom. The van der Waals surface area contributed by atoms with Crippen LogP contribution in [0.25, 0.3) is 0 Å². The molecule has 1 N–H and O–H groups in total. The molecule has 2 aromatic carbocycles. The Kier molecular flexibility index (Phi) is 8.45. The summed E-state index contributed by atoms with van der Waals surface area (Å²) in [5.41, 5.74) is 1.48. The number of nitrogens with one attached hydrogen (secondary N) is 1. The second-order valence-corrected chi connectivity index (χ2v) is 8.11. The molecule has 3 nitrogen and oxygen atoms in total. The number of halogens is 2. The highest BCUT2D eigenvalue weighted by molar-refractivity contribution is 7.99. The lowest BCUT2D eigenvalue weighted by Gasteiger charge is -2.21. The first-order valence-electron chi connectivity index (χ1n) is 8.84. The van der Waals surface area contributed by atoms with Crippen molar-refractivity contribution in [2.45, 2.75) is 32.1 Å². The lowest BCUT2D eigenvalue weighted by atomic mass is 9.97. The maximum absolute atomic E-state index is 13.8. The maximum atomic E-state index is 13.8. The topological polar surface area (TPSA) is 38.3 Å². The molecule has 0 aliphatic rings. The fourth-order valence-corrected chi connectivity index (χ4v) is 3.92. The summed E-state index contributed by atoms with van der Waals surface area (Å²) in [5.74, 6) is 1.40. The summed E-state index contributed by atoms with van der Waals surface area (Å²) in [6.07, 6.45) is 0.835. The standard InChI is InChI=1S/C21H25ClFNO2S/c1-14(2)11-20(15-7-9-16(26-3)10-8-15)24-21(25)13-27-12-17-18(22)5-4-6-19(17)23/h4-10,14,20H,11-13H2,1-3H3,(H,24,25). The summed E-state index contributed by atoms with van der Waals surface area (Å²) in [7, 11) is 1.63. The quantitative estimate of drug-likeness (QED) is 0.583. The van der Waals surface area contributed by atoms with Crippen molar-refractivity contribution in [1.82, 2.24) is 5.32 Å². The molecule has 1 unspecified atom stereocenters. The second kappa shape index (κ2) is 10.6. The molecule has 0 aliphatic carbocycles. The predicted octanol–water partition coefficient (Wildman–Crippen LogP) is 5.62. The maximum Gasteiger partial charge on any atom is 0.230 e. The molecule has 2 rings (SSSR count). The normalized spacial score (nSPS) is 12.1. The summed E-state index contributed by atoms with van der Waals surface area (Å²) in [6.45, 7) is 4.25. The molecule has 0 fully saturated rings. The molecule has 0 aliphatic heterocycles. The van der Waals surface area contributed by atoms with Crippen LogP contribution in [-0.2, 0) is 10.5 Å². The third kappa shape index (κ3) is 6.74. The summed E-state index contributed by atoms with van der Waals surface area (Å²) in [4.78, 5) is 12.4. The molecule has 0 saturated carbocycles. The van der Waals surface area contributed by atoms with Gasteiger partial charge < -0.3 is 10.1 Å². The highest BCUT2D eigenvalue weighted by atomic mass is 35.5. The lowest BCUT2D eigenvalue weighted by molar-refractivity contribution is -0.119. The molecule has 6 heteroatoms. The second-order valence-electron chi connectivity index (χ2n) is 6.72. The van der Waals surface area contributed by atoms with Crippen LogP contribution in [0.3, 0.4) is 0 Å². The number of carbonyl (C=O) groups is 1. The van der Waals surface area contributed by atoms with Crippen LogP contribution in [0.2, 0.25) is 5.02 Å². The van der Waals surface area contributed by atoms with Gasteiger partial charge in [0.05, 0.1) is 18.9 Å². The first kappa shape index (κ1) is 21.6. The van der Waals surface area contributed by atoms with E-state index in [0.717, 1.165) is 17.7 Å². The van der Waals surface area contributed by atoms with Gasteiger partial charge in [-0.3, -0.25) is 4.79 Å². The van der Waals surface area contributed by atoms with Crippen molar-refractivity contribution in [3.63, 3.8) is 0 Å². The van der Waals surface area contributed by atoms with Gasteiger partial charge in [-0.25, -0.2) is 4.39 Å². The number of hydrogen-bond donors (Lipinski definition) is 1. The summed E-state index contributed by atoms with van der Waals surface area (Å²) in [5, 5.41) is 3.48. The zero-order chi connectivity index (χ0) is 19.8. The van der Waals surface area contributed by atoms with Gasteiger partial charge in [-0.2, -0.15) is 0 Å². The van der Waals surface area contributed by atoms with Gasteiger partial charge in [-0.15, -0.1) is 11.8 Å². The Labute approximate surface area is 169 Å². The van der Waals surface area contributed by atoms with Gasteiger partial charge in [-0.05, 0) is 42.2 Å². The van der Waals surface area contributed by atoms with Gasteiger partial charge in [0.2, 0.25) is 5.91 Å².